The van der Waals surface area contributed by atoms with Crippen molar-refractivity contribution in [2.75, 3.05) is 24.6 Å². The Morgan fingerprint density at radius 2 is 1.91 bits per heavy atom. The quantitative estimate of drug-likeness (QED) is 0.278. The lowest BCUT2D eigenvalue weighted by atomic mass is 9.94. The van der Waals surface area contributed by atoms with E-state index in [1.165, 1.54) is 18.2 Å². The molecule has 0 unspecified atom stereocenters. The van der Waals surface area contributed by atoms with Crippen LogP contribution in [0.25, 0.3) is 32.9 Å². The van der Waals surface area contributed by atoms with E-state index < -0.39 is 29.4 Å². The molecule has 0 saturated carbocycles. The Morgan fingerprint density at radius 3 is 2.69 bits per heavy atom. The number of phenols is 1. The van der Waals surface area contributed by atoms with Crippen molar-refractivity contribution in [3.05, 3.63) is 47.7 Å². The molecule has 11 heteroatoms. The minimum absolute atomic E-state index is 0.00339. The Morgan fingerprint density at radius 1 is 1.11 bits per heavy atom. The highest BCUT2D eigenvalue weighted by Crippen LogP contribution is 2.44. The van der Waals surface area contributed by atoms with Gasteiger partial charge in [0.15, 0.2) is 5.82 Å². The lowest BCUT2D eigenvalue weighted by Gasteiger charge is -2.38. The average molecular weight is 620 g/mol. The molecule has 5 atom stereocenters. The van der Waals surface area contributed by atoms with Crippen LogP contribution in [0.2, 0.25) is 0 Å². The predicted molar refractivity (Wildman–Crippen MR) is 164 cm³/mol. The molecular formula is C34H36F3N5O3. The van der Waals surface area contributed by atoms with E-state index in [1.54, 1.807) is 12.3 Å². The zero-order valence-corrected chi connectivity index (χ0v) is 25.1. The first kappa shape index (κ1) is 28.8. The van der Waals surface area contributed by atoms with Crippen molar-refractivity contribution in [1.29, 1.82) is 0 Å². The van der Waals surface area contributed by atoms with Gasteiger partial charge in [-0.2, -0.15) is 9.97 Å². The van der Waals surface area contributed by atoms with Gasteiger partial charge in [0.1, 0.15) is 41.4 Å². The topological polar surface area (TPSA) is 94.8 Å². The molecule has 8 rings (SSSR count). The van der Waals surface area contributed by atoms with Crippen LogP contribution in [0.15, 0.2) is 30.5 Å². The van der Waals surface area contributed by atoms with E-state index >= 15 is 4.39 Å². The number of piperidine rings is 1. The standard InChI is InChI=1S/C34H36F3N5O3/c1-2-24-27(36)7-4-18-10-22(43)13-25(28(18)24)30-29(37)31-26(15-38-30)32(42-20-5-6-21(42)12-23(44)11-20)40-33(39-31)45-17-34-8-3-9-41(34)16-19(35)14-34/h4,7,10,13,15,19-21,23,43-44H,2-3,5-6,8-9,11-12,14,16-17H2,1H3/t19-,20-,21+,23-,34+/m1/s1. The summed E-state index contributed by atoms with van der Waals surface area (Å²) in [5, 5.41) is 22.5. The van der Waals surface area contributed by atoms with Gasteiger partial charge < -0.3 is 19.8 Å². The molecule has 0 spiro atoms. The summed E-state index contributed by atoms with van der Waals surface area (Å²) >= 11 is 0. The van der Waals surface area contributed by atoms with Crippen molar-refractivity contribution in [2.45, 2.75) is 88.2 Å². The molecule has 4 aliphatic rings. The van der Waals surface area contributed by atoms with E-state index in [2.05, 4.69) is 19.8 Å². The normalized spacial score (nSPS) is 28.0. The molecule has 8 nitrogen and oxygen atoms in total. The molecule has 2 aromatic heterocycles. The number of alkyl halides is 1. The van der Waals surface area contributed by atoms with Crippen LogP contribution in [-0.4, -0.2) is 79.7 Å². The zero-order valence-electron chi connectivity index (χ0n) is 25.1. The predicted octanol–water partition coefficient (Wildman–Crippen LogP) is 5.84. The molecule has 236 valence electrons. The summed E-state index contributed by atoms with van der Waals surface area (Å²) in [6.07, 6.45) is 5.67. The fourth-order valence-electron chi connectivity index (χ4n) is 8.64. The molecule has 2 N–H and O–H groups in total. The number of rotatable bonds is 6. The first-order valence-corrected chi connectivity index (χ1v) is 16.0. The molecule has 2 aromatic carbocycles. The van der Waals surface area contributed by atoms with Crippen molar-refractivity contribution in [3.63, 3.8) is 0 Å². The summed E-state index contributed by atoms with van der Waals surface area (Å²) < 4.78 is 52.5. The number of aromatic nitrogens is 3. The van der Waals surface area contributed by atoms with Gasteiger partial charge in [0.05, 0.1) is 17.0 Å². The number of aliphatic hydroxyl groups is 1. The summed E-state index contributed by atoms with van der Waals surface area (Å²) in [5.41, 5.74) is 0.183. The number of pyridine rings is 1. The van der Waals surface area contributed by atoms with Gasteiger partial charge in [0, 0.05) is 36.8 Å². The average Bonchev–Trinajstić information content (AvgIpc) is 3.63. The summed E-state index contributed by atoms with van der Waals surface area (Å²) in [4.78, 5) is 18.3. The molecule has 4 aliphatic heterocycles. The van der Waals surface area contributed by atoms with Crippen LogP contribution in [0, 0.1) is 11.6 Å². The Balaban J connectivity index is 1.29. The second-order valence-corrected chi connectivity index (χ2v) is 13.3. The molecule has 4 fully saturated rings. The summed E-state index contributed by atoms with van der Waals surface area (Å²) in [5.74, 6) is -0.728. The highest BCUT2D eigenvalue weighted by Gasteiger charge is 2.49. The number of ether oxygens (including phenoxy) is 1. The number of benzene rings is 2. The van der Waals surface area contributed by atoms with Crippen LogP contribution in [0.3, 0.4) is 0 Å². The first-order valence-electron chi connectivity index (χ1n) is 16.0. The largest absolute Gasteiger partial charge is 0.508 e. The van der Waals surface area contributed by atoms with Crippen LogP contribution >= 0.6 is 0 Å². The van der Waals surface area contributed by atoms with E-state index in [4.69, 9.17) is 9.72 Å². The zero-order chi connectivity index (χ0) is 31.0. The molecule has 0 aliphatic carbocycles. The van der Waals surface area contributed by atoms with Crippen LogP contribution < -0.4 is 9.64 Å². The van der Waals surface area contributed by atoms with E-state index in [9.17, 15) is 19.0 Å². The smallest absolute Gasteiger partial charge is 0.319 e. The number of nitrogens with zero attached hydrogens (tertiary/aromatic N) is 5. The monoisotopic (exact) mass is 619 g/mol. The van der Waals surface area contributed by atoms with Gasteiger partial charge in [-0.15, -0.1) is 0 Å². The Kier molecular flexibility index (Phi) is 6.83. The Bertz CT molecular complexity index is 1810. The van der Waals surface area contributed by atoms with Crippen molar-refractivity contribution >= 4 is 27.5 Å². The fraction of sp³-hybridized carbons (Fsp3) is 0.500. The second kappa shape index (κ2) is 10.7. The molecule has 45 heavy (non-hydrogen) atoms. The Labute approximate surface area is 258 Å². The number of aryl methyl sites for hydroxylation is 1. The van der Waals surface area contributed by atoms with Gasteiger partial charge >= 0.3 is 6.01 Å². The molecule has 6 heterocycles. The molecule has 0 amide bonds. The summed E-state index contributed by atoms with van der Waals surface area (Å²) in [7, 11) is 0. The van der Waals surface area contributed by atoms with Gasteiger partial charge in [-0.25, -0.2) is 13.2 Å². The number of fused-ring (bicyclic) bond motifs is 5. The lowest BCUT2D eigenvalue weighted by Crippen LogP contribution is -2.45. The Hall–Kier alpha value is -3.70. The third-order valence-corrected chi connectivity index (χ3v) is 10.6. The van der Waals surface area contributed by atoms with Gasteiger partial charge in [0.25, 0.3) is 0 Å². The maximum absolute atomic E-state index is 16.9. The second-order valence-electron chi connectivity index (χ2n) is 13.3. The fourth-order valence-corrected chi connectivity index (χ4v) is 8.64. The highest BCUT2D eigenvalue weighted by atomic mass is 19.1. The lowest BCUT2D eigenvalue weighted by molar-refractivity contribution is 0.107. The van der Waals surface area contributed by atoms with Gasteiger partial charge in [-0.3, -0.25) is 9.88 Å². The van der Waals surface area contributed by atoms with Gasteiger partial charge in [-0.05, 0) is 86.0 Å². The van der Waals surface area contributed by atoms with Crippen molar-refractivity contribution in [1.82, 2.24) is 19.9 Å². The van der Waals surface area contributed by atoms with Crippen molar-refractivity contribution < 1.29 is 28.1 Å². The maximum atomic E-state index is 16.9. The maximum Gasteiger partial charge on any atom is 0.319 e. The van der Waals surface area contributed by atoms with Crippen LogP contribution in [0.5, 0.6) is 11.8 Å². The summed E-state index contributed by atoms with van der Waals surface area (Å²) in [6.45, 7) is 3.22. The number of aromatic hydroxyl groups is 1. The molecule has 4 saturated heterocycles. The number of hydrogen-bond donors (Lipinski definition) is 2. The van der Waals surface area contributed by atoms with Crippen molar-refractivity contribution in [2.24, 2.45) is 0 Å². The van der Waals surface area contributed by atoms with E-state index in [-0.39, 0.29) is 47.2 Å². The highest BCUT2D eigenvalue weighted by molar-refractivity contribution is 6.01. The number of halogens is 3. The molecule has 2 bridgehead atoms. The van der Waals surface area contributed by atoms with Gasteiger partial charge in [0.2, 0.25) is 0 Å². The van der Waals surface area contributed by atoms with Crippen LogP contribution in [0.1, 0.15) is 57.4 Å². The number of hydrogen-bond acceptors (Lipinski definition) is 8. The van der Waals surface area contributed by atoms with Crippen LogP contribution in [0.4, 0.5) is 19.0 Å². The third-order valence-electron chi connectivity index (χ3n) is 10.6. The number of anilines is 1. The minimum Gasteiger partial charge on any atom is -0.508 e. The van der Waals surface area contributed by atoms with E-state index in [0.717, 1.165) is 32.2 Å². The molecule has 4 aromatic rings. The minimum atomic E-state index is -0.918. The van der Waals surface area contributed by atoms with Crippen LogP contribution in [-0.2, 0) is 6.42 Å². The molecular weight excluding hydrogens is 583 g/mol. The number of phenolic OH excluding ortho intramolecular Hbond substituents is 1. The SMILES string of the molecule is CCc1c(F)ccc2cc(O)cc(-c3ncc4c(N5[C@@H]6CC[C@H]5C[C@H](O)C6)nc(OC[C@@]56CCCN5C[C@H](F)C6)nc4c3F)c12. The third kappa shape index (κ3) is 4.61. The van der Waals surface area contributed by atoms with Crippen molar-refractivity contribution in [3.8, 4) is 23.0 Å². The first-order chi connectivity index (χ1) is 21.7. The summed E-state index contributed by atoms with van der Waals surface area (Å²) in [6, 6.07) is 5.92. The molecule has 0 radical (unpaired) electrons. The van der Waals surface area contributed by atoms with Gasteiger partial charge in [-0.1, -0.05) is 13.0 Å². The van der Waals surface area contributed by atoms with E-state index in [0.29, 0.717) is 59.8 Å². The van der Waals surface area contributed by atoms with E-state index in [1.807, 2.05) is 6.92 Å². The number of aliphatic hydroxyl groups excluding tert-OH is 1.